The molecule has 10 heteroatoms. The average molecular weight is 473 g/mol. The highest BCUT2D eigenvalue weighted by Gasteiger charge is 2.23. The van der Waals surface area contributed by atoms with E-state index in [0.717, 1.165) is 11.3 Å². The van der Waals surface area contributed by atoms with Crippen LogP contribution in [-0.2, 0) is 25.0 Å². The van der Waals surface area contributed by atoms with Crippen LogP contribution in [0, 0.1) is 5.82 Å². The minimum atomic E-state index is -1.19. The van der Waals surface area contributed by atoms with Gasteiger partial charge in [0.25, 0.3) is 0 Å². The molecule has 2 N–H and O–H groups in total. The van der Waals surface area contributed by atoms with Crippen molar-refractivity contribution in [1.82, 2.24) is 19.6 Å². The highest BCUT2D eigenvalue weighted by atomic mass is 35.5. The van der Waals surface area contributed by atoms with Gasteiger partial charge in [-0.1, -0.05) is 23.7 Å². The normalized spacial score (nSPS) is 12.2. The smallest absolute Gasteiger partial charge is 0.230 e. The van der Waals surface area contributed by atoms with Crippen molar-refractivity contribution in [3.63, 3.8) is 0 Å². The van der Waals surface area contributed by atoms with Gasteiger partial charge in [-0.25, -0.2) is 9.07 Å². The van der Waals surface area contributed by atoms with E-state index in [0.29, 0.717) is 29.2 Å². The lowest BCUT2D eigenvalue weighted by atomic mass is 10.1. The van der Waals surface area contributed by atoms with E-state index in [1.165, 1.54) is 33.6 Å². The van der Waals surface area contributed by atoms with Gasteiger partial charge in [-0.3, -0.25) is 4.68 Å². The van der Waals surface area contributed by atoms with Crippen molar-refractivity contribution in [2.45, 2.75) is 19.3 Å². The molecule has 0 aliphatic carbocycles. The first-order valence-corrected chi connectivity index (χ1v) is 10.4. The monoisotopic (exact) mass is 472 g/mol. The fraction of sp³-hybridized carbons (Fsp3) is 0.217. The Bertz CT molecular complexity index is 1260. The number of aromatic nitrogens is 4. The van der Waals surface area contributed by atoms with Gasteiger partial charge >= 0.3 is 0 Å². The van der Waals surface area contributed by atoms with Crippen LogP contribution in [-0.4, -0.2) is 36.9 Å². The maximum atomic E-state index is 14.1. The van der Waals surface area contributed by atoms with Crippen molar-refractivity contribution in [2.75, 3.05) is 7.11 Å². The van der Waals surface area contributed by atoms with E-state index in [4.69, 9.17) is 21.1 Å². The maximum absolute atomic E-state index is 14.1. The quantitative estimate of drug-likeness (QED) is 0.404. The van der Waals surface area contributed by atoms with Crippen LogP contribution in [0.2, 0.25) is 5.15 Å². The van der Waals surface area contributed by atoms with E-state index >= 15 is 0 Å². The number of aliphatic hydroxyl groups excluding tert-OH is 1. The molecule has 172 valence electrons. The molecule has 0 aliphatic rings. The Kier molecular flexibility index (Phi) is 6.64. The van der Waals surface area contributed by atoms with Crippen molar-refractivity contribution >= 4 is 11.6 Å². The van der Waals surface area contributed by atoms with E-state index in [1.807, 2.05) is 24.3 Å². The Morgan fingerprint density at radius 2 is 1.79 bits per heavy atom. The number of halogens is 2. The minimum Gasteiger partial charge on any atom is -0.497 e. The lowest BCUT2D eigenvalue weighted by Gasteiger charge is -2.16. The summed E-state index contributed by atoms with van der Waals surface area (Å²) in [5.74, 6) is 0.0892. The predicted octanol–water partition coefficient (Wildman–Crippen LogP) is 3.91. The first kappa shape index (κ1) is 22.8. The molecule has 0 radical (unpaired) electrons. The van der Waals surface area contributed by atoms with Crippen molar-refractivity contribution in [1.29, 1.82) is 0 Å². The fourth-order valence-electron chi connectivity index (χ4n) is 3.50. The standard InChI is InChI=1S/C23H22ClFN4O4/c1-28-19(11-22(30)27-28)23(31)20-10-21(24)26-29(20)18-8-5-16(25)9-15(18)13-33-12-14-3-6-17(32-2)7-4-14/h3-11,23,31H,12-13H2,1-2H3,(H,27,30). The molecule has 0 aliphatic heterocycles. The summed E-state index contributed by atoms with van der Waals surface area (Å²) >= 11 is 6.15. The molecule has 0 amide bonds. The van der Waals surface area contributed by atoms with Crippen LogP contribution in [0.5, 0.6) is 11.6 Å². The van der Waals surface area contributed by atoms with Gasteiger partial charge in [-0.05, 0) is 35.9 Å². The zero-order valence-electron chi connectivity index (χ0n) is 17.9. The summed E-state index contributed by atoms with van der Waals surface area (Å²) in [6.07, 6.45) is -1.19. The fourth-order valence-corrected chi connectivity index (χ4v) is 3.69. The van der Waals surface area contributed by atoms with Gasteiger partial charge in [0, 0.05) is 24.7 Å². The van der Waals surface area contributed by atoms with E-state index in [2.05, 4.69) is 10.2 Å². The molecule has 0 bridgehead atoms. The third kappa shape index (κ3) is 5.00. The van der Waals surface area contributed by atoms with Crippen molar-refractivity contribution in [2.24, 2.45) is 7.05 Å². The molecule has 8 nitrogen and oxygen atoms in total. The van der Waals surface area contributed by atoms with Crippen molar-refractivity contribution in [3.05, 3.63) is 88.1 Å². The molecule has 4 aromatic rings. The molecule has 0 saturated carbocycles. The van der Waals surface area contributed by atoms with Crippen molar-refractivity contribution < 1.29 is 24.1 Å². The second kappa shape index (κ2) is 9.62. The minimum absolute atomic E-state index is 0.0959. The summed E-state index contributed by atoms with van der Waals surface area (Å²) in [5.41, 5.74) is 2.61. The zero-order valence-corrected chi connectivity index (χ0v) is 18.7. The Labute approximate surface area is 194 Å². The number of aryl methyl sites for hydroxylation is 1. The number of hydrogen-bond donors (Lipinski definition) is 2. The van der Waals surface area contributed by atoms with E-state index < -0.39 is 11.9 Å². The van der Waals surface area contributed by atoms with Crippen molar-refractivity contribution in [3.8, 4) is 17.3 Å². The molecular weight excluding hydrogens is 451 g/mol. The molecule has 0 spiro atoms. The summed E-state index contributed by atoms with van der Waals surface area (Å²) in [6, 6.07) is 14.5. The van der Waals surface area contributed by atoms with Gasteiger partial charge in [0.1, 0.15) is 17.7 Å². The first-order valence-electron chi connectivity index (χ1n) is 10.0. The van der Waals surface area contributed by atoms with E-state index in [-0.39, 0.29) is 17.6 Å². The number of aliphatic hydroxyl groups is 1. The Morgan fingerprint density at radius 1 is 1.03 bits per heavy atom. The number of benzene rings is 2. The third-order valence-corrected chi connectivity index (χ3v) is 5.31. The number of nitrogens with zero attached hydrogens (tertiary/aromatic N) is 4. The molecule has 0 fully saturated rings. The summed E-state index contributed by atoms with van der Waals surface area (Å²) in [6.45, 7) is 0.405. The molecular formula is C23H22ClFN4O4. The molecule has 4 rings (SSSR count). The summed E-state index contributed by atoms with van der Waals surface area (Å²) in [7, 11) is 3.19. The molecule has 1 atom stereocenters. The second-order valence-corrected chi connectivity index (χ2v) is 7.76. The largest absolute Gasteiger partial charge is 0.497 e. The Morgan fingerprint density at radius 3 is 2.45 bits per heavy atom. The molecule has 2 heterocycles. The van der Waals surface area contributed by atoms with Gasteiger partial charge in [-0.2, -0.15) is 5.10 Å². The molecule has 33 heavy (non-hydrogen) atoms. The molecule has 0 saturated heterocycles. The Hall–Kier alpha value is -3.40. The number of methoxy groups -OCH3 is 1. The van der Waals surface area contributed by atoms with Crippen LogP contribution < -0.4 is 4.74 Å². The number of aromatic hydroxyl groups is 1. The van der Waals surface area contributed by atoms with E-state index in [1.54, 1.807) is 20.2 Å². The first-order chi connectivity index (χ1) is 15.9. The molecule has 1 unspecified atom stereocenters. The Balaban J connectivity index is 1.61. The highest BCUT2D eigenvalue weighted by molar-refractivity contribution is 6.29. The van der Waals surface area contributed by atoms with Crippen LogP contribution in [0.4, 0.5) is 4.39 Å². The topological polar surface area (TPSA) is 94.6 Å². The summed E-state index contributed by atoms with van der Waals surface area (Å²) in [4.78, 5) is 0. The SMILES string of the molecule is COc1ccc(COCc2cc(F)ccc2-n2nc(Cl)cc2C(O)c2cc(O)nn2C)cc1. The predicted molar refractivity (Wildman–Crippen MR) is 119 cm³/mol. The molecule has 2 aromatic carbocycles. The molecule has 2 aromatic heterocycles. The number of ether oxygens (including phenoxy) is 2. The number of rotatable bonds is 8. The maximum Gasteiger partial charge on any atom is 0.230 e. The van der Waals surface area contributed by atoms with E-state index in [9.17, 15) is 14.6 Å². The van der Waals surface area contributed by atoms with Crippen LogP contribution in [0.25, 0.3) is 5.69 Å². The van der Waals surface area contributed by atoms with Gasteiger partial charge in [0.2, 0.25) is 5.88 Å². The van der Waals surface area contributed by atoms with Gasteiger partial charge in [0.05, 0.1) is 37.4 Å². The zero-order chi connectivity index (χ0) is 23.5. The highest BCUT2D eigenvalue weighted by Crippen LogP contribution is 2.30. The van der Waals surface area contributed by atoms with Gasteiger partial charge in [0.15, 0.2) is 5.15 Å². The van der Waals surface area contributed by atoms with Gasteiger partial charge in [-0.15, -0.1) is 5.10 Å². The summed E-state index contributed by atoms with van der Waals surface area (Å²) in [5, 5.41) is 28.9. The van der Waals surface area contributed by atoms with Crippen LogP contribution in [0.3, 0.4) is 0 Å². The third-order valence-electron chi connectivity index (χ3n) is 5.13. The van der Waals surface area contributed by atoms with Gasteiger partial charge < -0.3 is 19.7 Å². The lowest BCUT2D eigenvalue weighted by molar-refractivity contribution is 0.106. The number of hydrogen-bond acceptors (Lipinski definition) is 6. The second-order valence-electron chi connectivity index (χ2n) is 7.37. The lowest BCUT2D eigenvalue weighted by Crippen LogP contribution is -2.13. The van der Waals surface area contributed by atoms with Crippen LogP contribution >= 0.6 is 11.6 Å². The van der Waals surface area contributed by atoms with Crippen LogP contribution in [0.15, 0.2) is 54.6 Å². The summed E-state index contributed by atoms with van der Waals surface area (Å²) < 4.78 is 27.8. The average Bonchev–Trinajstić information content (AvgIpc) is 3.35. The van der Waals surface area contributed by atoms with Crippen LogP contribution in [0.1, 0.15) is 28.6 Å².